The number of carbonyl (C=O) groups excluding carboxylic acids is 1. The van der Waals surface area contributed by atoms with E-state index >= 15 is 0 Å². The molecular formula is C33H28F3N3O4. The lowest BCUT2D eigenvalue weighted by molar-refractivity contribution is -0.153. The third-order valence-electron chi connectivity index (χ3n) is 7.28. The number of hydrogen-bond donors (Lipinski definition) is 1. The Kier molecular flexibility index (Phi) is 7.79. The lowest BCUT2D eigenvalue weighted by Crippen LogP contribution is -2.30. The number of carbonyl (C=O) groups is 2. The minimum atomic E-state index is -4.65. The van der Waals surface area contributed by atoms with Gasteiger partial charge in [-0.3, -0.25) is 19.6 Å². The molecule has 0 atom stereocenters. The number of carboxylic acids is 1. The van der Waals surface area contributed by atoms with Crippen LogP contribution >= 0.6 is 0 Å². The Morgan fingerprint density at radius 2 is 1.65 bits per heavy atom. The molecule has 1 amide bonds. The number of rotatable bonds is 8. The minimum absolute atomic E-state index is 0.0156. The first-order valence-electron chi connectivity index (χ1n) is 13.4. The highest BCUT2D eigenvalue weighted by molar-refractivity contribution is 6.04. The molecule has 7 nitrogen and oxygen atoms in total. The maximum absolute atomic E-state index is 13.9. The van der Waals surface area contributed by atoms with Gasteiger partial charge in [0, 0.05) is 18.4 Å². The molecule has 3 aromatic heterocycles. The van der Waals surface area contributed by atoms with E-state index in [1.54, 1.807) is 57.3 Å². The fourth-order valence-electron chi connectivity index (χ4n) is 4.76. The first kappa shape index (κ1) is 29.5. The molecule has 0 unspecified atom stereocenters. The van der Waals surface area contributed by atoms with E-state index in [1.165, 1.54) is 11.0 Å². The summed E-state index contributed by atoms with van der Waals surface area (Å²) in [4.78, 5) is 35.9. The number of alkyl halides is 3. The van der Waals surface area contributed by atoms with Crippen molar-refractivity contribution in [3.05, 3.63) is 119 Å². The number of carboxylic acid groups (broad SMARTS) is 1. The van der Waals surface area contributed by atoms with Crippen molar-refractivity contribution in [2.75, 3.05) is 0 Å². The Balaban J connectivity index is 1.47. The third kappa shape index (κ3) is 6.28. The summed E-state index contributed by atoms with van der Waals surface area (Å²) in [6.07, 6.45) is -3.10. The maximum Gasteiger partial charge on any atom is 0.449 e. The lowest BCUT2D eigenvalue weighted by Gasteiger charge is -2.23. The molecule has 0 aliphatic carbocycles. The summed E-state index contributed by atoms with van der Waals surface area (Å²) in [5.41, 5.74) is 3.77. The van der Waals surface area contributed by atoms with Crippen LogP contribution in [-0.4, -0.2) is 31.9 Å². The zero-order valence-corrected chi connectivity index (χ0v) is 23.6. The zero-order chi connectivity index (χ0) is 30.9. The quantitative estimate of drug-likeness (QED) is 0.203. The van der Waals surface area contributed by atoms with Gasteiger partial charge in [0.05, 0.1) is 23.0 Å². The predicted octanol–water partition coefficient (Wildman–Crippen LogP) is 7.42. The van der Waals surface area contributed by atoms with Crippen molar-refractivity contribution in [2.24, 2.45) is 0 Å². The molecule has 0 saturated heterocycles. The molecule has 0 radical (unpaired) electrons. The molecule has 3 heterocycles. The van der Waals surface area contributed by atoms with Gasteiger partial charge in [-0.05, 0) is 73.4 Å². The molecule has 0 bridgehead atoms. The van der Waals surface area contributed by atoms with Crippen molar-refractivity contribution >= 4 is 22.9 Å². The third-order valence-corrected chi connectivity index (χ3v) is 7.28. The van der Waals surface area contributed by atoms with Crippen LogP contribution in [0, 0.1) is 6.92 Å². The molecule has 1 N–H and O–H groups in total. The Bertz CT molecular complexity index is 1810. The molecule has 2 aromatic carbocycles. The largest absolute Gasteiger partial charge is 0.481 e. The second kappa shape index (κ2) is 11.4. The molecule has 0 aliphatic rings. The van der Waals surface area contributed by atoms with Crippen molar-refractivity contribution in [2.45, 2.75) is 45.5 Å². The number of aliphatic carboxylic acids is 1. The second-order valence-electron chi connectivity index (χ2n) is 10.8. The Hall–Kier alpha value is -4.99. The molecule has 0 spiro atoms. The number of nitrogens with zero attached hydrogens (tertiary/aromatic N) is 3. The molecule has 220 valence electrons. The molecule has 0 fully saturated rings. The van der Waals surface area contributed by atoms with E-state index in [1.807, 2.05) is 36.4 Å². The van der Waals surface area contributed by atoms with Crippen LogP contribution in [0.25, 0.3) is 22.2 Å². The van der Waals surface area contributed by atoms with E-state index in [9.17, 15) is 27.9 Å². The fraction of sp³-hybridized carbons (Fsp3) is 0.212. The first-order valence-corrected chi connectivity index (χ1v) is 13.4. The van der Waals surface area contributed by atoms with Crippen LogP contribution in [0.1, 0.15) is 52.5 Å². The van der Waals surface area contributed by atoms with Gasteiger partial charge in [0.1, 0.15) is 11.3 Å². The average Bonchev–Trinajstić information content (AvgIpc) is 3.46. The summed E-state index contributed by atoms with van der Waals surface area (Å²) in [5.74, 6) is -2.53. The summed E-state index contributed by atoms with van der Waals surface area (Å²) in [6.45, 7) is 4.90. The molecule has 5 rings (SSSR count). The van der Waals surface area contributed by atoms with Gasteiger partial charge in [-0.1, -0.05) is 48.5 Å². The first-order chi connectivity index (χ1) is 20.3. The summed E-state index contributed by atoms with van der Waals surface area (Å²) >= 11 is 0. The Labute approximate surface area is 245 Å². The van der Waals surface area contributed by atoms with Crippen LogP contribution in [0.2, 0.25) is 0 Å². The summed E-state index contributed by atoms with van der Waals surface area (Å²) < 4.78 is 44.7. The second-order valence-corrected chi connectivity index (χ2v) is 10.8. The standard InChI is InChI=1S/C33H28F3N3O4/c1-20-16-26(29-27(38-20)8-5-15-37-29)30(40)39(19-25-13-14-28(43-25)33(34,35)36)18-21-9-11-22(12-10-21)23-6-4-7-24(17-23)32(2,3)31(41)42/h4-17H,18-19H2,1-3H3,(H,41,42). The molecule has 5 aromatic rings. The van der Waals surface area contributed by atoms with Crippen molar-refractivity contribution in [1.82, 2.24) is 14.9 Å². The number of fused-ring (bicyclic) bond motifs is 1. The van der Waals surface area contributed by atoms with Gasteiger partial charge in [0.2, 0.25) is 5.76 Å². The molecule has 0 aliphatic heterocycles. The van der Waals surface area contributed by atoms with E-state index in [4.69, 9.17) is 4.42 Å². The SMILES string of the molecule is Cc1cc(C(=O)N(Cc2ccc(-c3cccc(C(C)(C)C(=O)O)c3)cc2)Cc2ccc(C(F)(F)F)o2)c2ncccc2n1. The maximum atomic E-state index is 13.9. The number of aromatic nitrogens is 2. The van der Waals surface area contributed by atoms with E-state index < -0.39 is 29.2 Å². The van der Waals surface area contributed by atoms with Crippen LogP contribution in [0.15, 0.2) is 89.5 Å². The fourth-order valence-corrected chi connectivity index (χ4v) is 4.76. The van der Waals surface area contributed by atoms with Crippen molar-refractivity contribution in [3.8, 4) is 11.1 Å². The van der Waals surface area contributed by atoms with Crippen LogP contribution < -0.4 is 0 Å². The van der Waals surface area contributed by atoms with Gasteiger partial charge in [-0.15, -0.1) is 0 Å². The number of hydrogen-bond acceptors (Lipinski definition) is 5. The smallest absolute Gasteiger partial charge is 0.449 e. The number of aryl methyl sites for hydroxylation is 1. The van der Waals surface area contributed by atoms with Gasteiger partial charge in [-0.2, -0.15) is 13.2 Å². The number of halogens is 3. The predicted molar refractivity (Wildman–Crippen MR) is 154 cm³/mol. The zero-order valence-electron chi connectivity index (χ0n) is 23.6. The summed E-state index contributed by atoms with van der Waals surface area (Å²) in [6, 6.07) is 21.8. The molecular weight excluding hydrogens is 559 g/mol. The van der Waals surface area contributed by atoms with Crippen molar-refractivity contribution in [1.29, 1.82) is 0 Å². The molecule has 0 saturated carbocycles. The summed E-state index contributed by atoms with van der Waals surface area (Å²) in [5, 5.41) is 9.62. The van der Waals surface area contributed by atoms with E-state index in [0.717, 1.165) is 22.8 Å². The van der Waals surface area contributed by atoms with Crippen LogP contribution in [0.3, 0.4) is 0 Å². The average molecular weight is 588 g/mol. The molecule has 10 heteroatoms. The van der Waals surface area contributed by atoms with Gasteiger partial charge in [0.15, 0.2) is 0 Å². The minimum Gasteiger partial charge on any atom is -0.481 e. The van der Waals surface area contributed by atoms with Crippen molar-refractivity contribution < 1.29 is 32.3 Å². The Morgan fingerprint density at radius 3 is 2.33 bits per heavy atom. The number of benzene rings is 2. The van der Waals surface area contributed by atoms with Crippen molar-refractivity contribution in [3.63, 3.8) is 0 Å². The van der Waals surface area contributed by atoms with E-state index in [0.29, 0.717) is 22.3 Å². The molecule has 43 heavy (non-hydrogen) atoms. The van der Waals surface area contributed by atoms with E-state index in [2.05, 4.69) is 9.97 Å². The normalized spacial score (nSPS) is 12.0. The monoisotopic (exact) mass is 587 g/mol. The number of amides is 1. The van der Waals surface area contributed by atoms with Gasteiger partial charge in [0.25, 0.3) is 5.91 Å². The Morgan fingerprint density at radius 1 is 0.907 bits per heavy atom. The van der Waals surface area contributed by atoms with Gasteiger partial charge >= 0.3 is 12.1 Å². The number of pyridine rings is 2. The highest BCUT2D eigenvalue weighted by atomic mass is 19.4. The summed E-state index contributed by atoms with van der Waals surface area (Å²) in [7, 11) is 0. The highest BCUT2D eigenvalue weighted by Crippen LogP contribution is 2.32. The van der Waals surface area contributed by atoms with Crippen LogP contribution in [-0.2, 0) is 29.5 Å². The topological polar surface area (TPSA) is 96.5 Å². The van der Waals surface area contributed by atoms with Gasteiger partial charge < -0.3 is 14.4 Å². The van der Waals surface area contributed by atoms with E-state index in [-0.39, 0.29) is 24.4 Å². The van der Waals surface area contributed by atoms with Crippen LogP contribution in [0.4, 0.5) is 13.2 Å². The highest BCUT2D eigenvalue weighted by Gasteiger charge is 2.35. The lowest BCUT2D eigenvalue weighted by atomic mass is 9.83. The van der Waals surface area contributed by atoms with Gasteiger partial charge in [-0.25, -0.2) is 0 Å². The van der Waals surface area contributed by atoms with Crippen LogP contribution in [0.5, 0.6) is 0 Å². The number of furan rings is 1.